The number of thiazole rings is 1. The third kappa shape index (κ3) is 3.88. The first-order valence-corrected chi connectivity index (χ1v) is 8.44. The average Bonchev–Trinajstić information content (AvgIpc) is 3.15. The van der Waals surface area contributed by atoms with Crippen molar-refractivity contribution in [3.63, 3.8) is 0 Å². The van der Waals surface area contributed by atoms with Gasteiger partial charge < -0.3 is 15.5 Å². The van der Waals surface area contributed by atoms with Crippen LogP contribution in [0.25, 0.3) is 10.6 Å². The number of amides is 1. The summed E-state index contributed by atoms with van der Waals surface area (Å²) in [6.45, 7) is 1.23. The van der Waals surface area contributed by atoms with Crippen molar-refractivity contribution in [3.05, 3.63) is 27.9 Å². The minimum absolute atomic E-state index is 0.141. The van der Waals surface area contributed by atoms with Gasteiger partial charge >= 0.3 is 0 Å². The zero-order chi connectivity index (χ0) is 15.3. The second-order valence-corrected chi connectivity index (χ2v) is 6.47. The number of hydrogen-bond donors (Lipinski definition) is 3. The summed E-state index contributed by atoms with van der Waals surface area (Å²) in [6, 6.07) is 1.99. The zero-order valence-corrected chi connectivity index (χ0v) is 13.3. The number of carbonyl (C=O) groups excluding carboxylic acids is 1. The van der Waals surface area contributed by atoms with E-state index in [2.05, 4.69) is 10.3 Å². The van der Waals surface area contributed by atoms with Crippen LogP contribution in [0.4, 0.5) is 0 Å². The van der Waals surface area contributed by atoms with Crippen LogP contribution >= 0.6 is 22.7 Å². The van der Waals surface area contributed by atoms with Gasteiger partial charge in [-0.05, 0) is 17.9 Å². The monoisotopic (exact) mass is 326 g/mol. The molecule has 7 heteroatoms. The van der Waals surface area contributed by atoms with Gasteiger partial charge in [-0.3, -0.25) is 4.79 Å². The number of rotatable bonds is 7. The average molecular weight is 326 g/mol. The summed E-state index contributed by atoms with van der Waals surface area (Å²) in [7, 11) is 0. The van der Waals surface area contributed by atoms with Gasteiger partial charge in [0.05, 0.1) is 30.9 Å². The van der Waals surface area contributed by atoms with Crippen molar-refractivity contribution >= 4 is 28.6 Å². The van der Waals surface area contributed by atoms with Gasteiger partial charge in [0.1, 0.15) is 5.01 Å². The van der Waals surface area contributed by atoms with Gasteiger partial charge in [-0.15, -0.1) is 11.3 Å². The molecular weight excluding hydrogens is 308 g/mol. The van der Waals surface area contributed by atoms with E-state index in [4.69, 9.17) is 0 Å². The fraction of sp³-hybridized carbons (Fsp3) is 0.429. The largest absolute Gasteiger partial charge is 0.394 e. The van der Waals surface area contributed by atoms with Crippen LogP contribution in [0.1, 0.15) is 19.0 Å². The van der Waals surface area contributed by atoms with E-state index in [0.29, 0.717) is 12.1 Å². The van der Waals surface area contributed by atoms with E-state index in [9.17, 15) is 15.0 Å². The first-order chi connectivity index (χ1) is 10.1. The topological polar surface area (TPSA) is 82.5 Å². The molecule has 5 nitrogen and oxygen atoms in total. The Hall–Kier alpha value is -1.28. The molecule has 0 aromatic carbocycles. The number of aliphatic hydroxyl groups is 2. The number of aliphatic hydroxyl groups excluding tert-OH is 2. The molecule has 0 aliphatic rings. The first kappa shape index (κ1) is 16.1. The summed E-state index contributed by atoms with van der Waals surface area (Å²) >= 11 is 3.11. The predicted octanol–water partition coefficient (Wildman–Crippen LogP) is 1.66. The van der Waals surface area contributed by atoms with Crippen LogP contribution in [0, 0.1) is 0 Å². The highest BCUT2D eigenvalue weighted by Gasteiger charge is 2.28. The maximum absolute atomic E-state index is 12.0. The summed E-state index contributed by atoms with van der Waals surface area (Å²) < 4.78 is 0. The van der Waals surface area contributed by atoms with Crippen LogP contribution in [0.2, 0.25) is 0 Å². The molecule has 2 aromatic heterocycles. The highest BCUT2D eigenvalue weighted by Crippen LogP contribution is 2.25. The molecule has 0 spiro atoms. The molecular formula is C14H18N2O3S2. The van der Waals surface area contributed by atoms with Gasteiger partial charge in [0, 0.05) is 16.3 Å². The molecule has 0 saturated heterocycles. The van der Waals surface area contributed by atoms with Gasteiger partial charge in [-0.25, -0.2) is 4.98 Å². The van der Waals surface area contributed by atoms with Crippen molar-refractivity contribution < 1.29 is 15.0 Å². The van der Waals surface area contributed by atoms with Gasteiger partial charge in [0.15, 0.2) is 0 Å². The number of thiophene rings is 1. The lowest BCUT2D eigenvalue weighted by atomic mass is 9.98. The van der Waals surface area contributed by atoms with E-state index in [1.165, 1.54) is 11.3 Å². The van der Waals surface area contributed by atoms with Crippen LogP contribution in [0.3, 0.4) is 0 Å². The summed E-state index contributed by atoms with van der Waals surface area (Å²) in [5.41, 5.74) is 0.799. The Bertz CT molecular complexity index is 569. The van der Waals surface area contributed by atoms with E-state index in [1.807, 2.05) is 29.1 Å². The molecule has 114 valence electrons. The van der Waals surface area contributed by atoms with Gasteiger partial charge in [-0.2, -0.15) is 11.3 Å². The third-order valence-corrected chi connectivity index (χ3v) is 4.97. The van der Waals surface area contributed by atoms with Crippen molar-refractivity contribution in [2.75, 3.05) is 13.2 Å². The second-order valence-electron chi connectivity index (χ2n) is 4.83. The number of nitrogens with one attached hydrogen (secondary N) is 1. The molecule has 1 amide bonds. The van der Waals surface area contributed by atoms with Crippen LogP contribution in [-0.2, 0) is 11.2 Å². The minimum Gasteiger partial charge on any atom is -0.394 e. The maximum Gasteiger partial charge on any atom is 0.226 e. The van der Waals surface area contributed by atoms with Crippen LogP contribution in [0.15, 0.2) is 22.2 Å². The summed E-state index contributed by atoms with van der Waals surface area (Å²) in [6.07, 6.45) is 0.603. The lowest BCUT2D eigenvalue weighted by Crippen LogP contribution is -2.54. The Morgan fingerprint density at radius 2 is 2.14 bits per heavy atom. The smallest absolute Gasteiger partial charge is 0.226 e. The minimum atomic E-state index is -0.955. The fourth-order valence-corrected chi connectivity index (χ4v) is 3.38. The second kappa shape index (κ2) is 7.13. The lowest BCUT2D eigenvalue weighted by Gasteiger charge is -2.29. The Morgan fingerprint density at radius 1 is 1.38 bits per heavy atom. The number of hydrogen-bond acceptors (Lipinski definition) is 6. The Balaban J connectivity index is 2.00. The van der Waals surface area contributed by atoms with E-state index >= 15 is 0 Å². The standard InChI is InChI=1S/C14H18N2O3S2/c1-2-14(8-17,9-18)16-12(19)5-11-7-21-13(15-11)10-3-4-20-6-10/h3-4,6-7,17-18H,2,5,8-9H2,1H3,(H,16,19). The molecule has 0 unspecified atom stereocenters. The lowest BCUT2D eigenvalue weighted by molar-refractivity contribution is -0.123. The highest BCUT2D eigenvalue weighted by molar-refractivity contribution is 7.14. The van der Waals surface area contributed by atoms with Crippen molar-refractivity contribution in [2.45, 2.75) is 25.3 Å². The number of carbonyl (C=O) groups is 1. The first-order valence-electron chi connectivity index (χ1n) is 6.62. The van der Waals surface area contributed by atoms with Crippen molar-refractivity contribution in [1.82, 2.24) is 10.3 Å². The predicted molar refractivity (Wildman–Crippen MR) is 84.5 cm³/mol. The third-order valence-electron chi connectivity index (χ3n) is 3.35. The molecule has 0 bridgehead atoms. The molecule has 0 aliphatic heterocycles. The SMILES string of the molecule is CCC(CO)(CO)NC(=O)Cc1csc(-c2ccsc2)n1. The van der Waals surface area contributed by atoms with E-state index in [-0.39, 0.29) is 25.5 Å². The van der Waals surface area contributed by atoms with Crippen LogP contribution in [0.5, 0.6) is 0 Å². The Kier molecular flexibility index (Phi) is 5.46. The number of nitrogens with zero attached hydrogens (tertiary/aromatic N) is 1. The van der Waals surface area contributed by atoms with E-state index in [1.54, 1.807) is 11.3 Å². The molecule has 21 heavy (non-hydrogen) atoms. The molecule has 0 aliphatic carbocycles. The van der Waals surface area contributed by atoms with Crippen LogP contribution < -0.4 is 5.32 Å². The molecule has 0 fully saturated rings. The van der Waals surface area contributed by atoms with Crippen molar-refractivity contribution in [1.29, 1.82) is 0 Å². The summed E-state index contributed by atoms with van der Waals surface area (Å²) in [5.74, 6) is -0.248. The zero-order valence-electron chi connectivity index (χ0n) is 11.7. The number of aromatic nitrogens is 1. The van der Waals surface area contributed by atoms with Gasteiger partial charge in [0.25, 0.3) is 0 Å². The molecule has 0 atom stereocenters. The summed E-state index contributed by atoms with van der Waals surface area (Å²) in [5, 5.41) is 28.1. The maximum atomic E-state index is 12.0. The molecule has 2 heterocycles. The van der Waals surface area contributed by atoms with Gasteiger partial charge in [-0.1, -0.05) is 6.92 Å². The summed E-state index contributed by atoms with van der Waals surface area (Å²) in [4.78, 5) is 16.5. The molecule has 2 rings (SSSR count). The van der Waals surface area contributed by atoms with Gasteiger partial charge in [0.2, 0.25) is 5.91 Å². The van der Waals surface area contributed by atoms with Crippen molar-refractivity contribution in [2.24, 2.45) is 0 Å². The molecule has 3 N–H and O–H groups in total. The Morgan fingerprint density at radius 3 is 2.71 bits per heavy atom. The highest BCUT2D eigenvalue weighted by atomic mass is 32.1. The van der Waals surface area contributed by atoms with E-state index < -0.39 is 5.54 Å². The molecule has 0 saturated carbocycles. The quantitative estimate of drug-likeness (QED) is 0.723. The van der Waals surface area contributed by atoms with Crippen LogP contribution in [-0.4, -0.2) is 39.9 Å². The fourth-order valence-electron chi connectivity index (χ4n) is 1.85. The Labute approximate surface area is 131 Å². The van der Waals surface area contributed by atoms with Crippen molar-refractivity contribution in [3.8, 4) is 10.6 Å². The molecule has 2 aromatic rings. The molecule has 0 radical (unpaired) electrons. The normalized spacial score (nSPS) is 11.6. The van der Waals surface area contributed by atoms with E-state index in [0.717, 1.165) is 10.6 Å².